The van der Waals surface area contributed by atoms with E-state index < -0.39 is 28.7 Å². The van der Waals surface area contributed by atoms with Crippen LogP contribution in [0.25, 0.3) is 0 Å². The first-order chi connectivity index (χ1) is 13.7. The fourth-order valence-corrected chi connectivity index (χ4v) is 4.69. The van der Waals surface area contributed by atoms with Crippen molar-refractivity contribution in [1.82, 2.24) is 0 Å². The molecular formula is C19H17F3N2O4S. The van der Waals surface area contributed by atoms with Gasteiger partial charge in [0.1, 0.15) is 11.7 Å². The first-order valence-electron chi connectivity index (χ1n) is 8.63. The minimum atomic E-state index is -4.50. The third-order valence-corrected chi connectivity index (χ3v) is 5.89. The van der Waals surface area contributed by atoms with Gasteiger partial charge in [-0.3, -0.25) is 10.1 Å². The fraction of sp³-hybridized carbons (Fsp3) is 0.316. The molecule has 0 radical (unpaired) electrons. The Morgan fingerprint density at radius 2 is 1.86 bits per heavy atom. The summed E-state index contributed by atoms with van der Waals surface area (Å²) in [6, 6.07) is 10.4. The maximum atomic E-state index is 13.3. The Morgan fingerprint density at radius 3 is 2.52 bits per heavy atom. The molecule has 2 aromatic carbocycles. The van der Waals surface area contributed by atoms with Crippen LogP contribution in [0.1, 0.15) is 12.0 Å². The number of carbonyl (C=O) groups is 1. The summed E-state index contributed by atoms with van der Waals surface area (Å²) in [6.07, 6.45) is -4.29. The van der Waals surface area contributed by atoms with Crippen LogP contribution in [0.4, 0.5) is 24.5 Å². The van der Waals surface area contributed by atoms with Gasteiger partial charge in [-0.15, -0.1) is 11.8 Å². The summed E-state index contributed by atoms with van der Waals surface area (Å²) in [5.41, 5.74) is -0.688. The number of benzene rings is 2. The lowest BCUT2D eigenvalue weighted by atomic mass is 10.2. The van der Waals surface area contributed by atoms with Crippen molar-refractivity contribution in [2.45, 2.75) is 28.8 Å². The summed E-state index contributed by atoms with van der Waals surface area (Å²) in [6.45, 7) is 0.168. The molecule has 2 aromatic rings. The van der Waals surface area contributed by atoms with Crippen molar-refractivity contribution < 1.29 is 27.6 Å². The molecule has 0 aromatic heterocycles. The number of anilines is 1. The Balaban J connectivity index is 1.92. The van der Waals surface area contributed by atoms with E-state index in [9.17, 15) is 28.1 Å². The molecule has 2 atom stereocenters. The van der Waals surface area contributed by atoms with Crippen LogP contribution in [0, 0.1) is 10.1 Å². The number of hydrogen-bond donors (Lipinski definition) is 0. The van der Waals surface area contributed by atoms with Crippen LogP contribution in [0.3, 0.4) is 0 Å². The standard InChI is InChI=1S/C19H17F3N2O4S/c1-28-18(25)16-10-12(29-17-9-5-2-6-13(17)19(20,21)22)11-23(16)14-7-3-4-8-15(14)24(26)27/h2-9,12,16H,10-11H2,1H3. The zero-order chi connectivity index (χ0) is 21.2. The van der Waals surface area contributed by atoms with Gasteiger partial charge in [0.05, 0.1) is 17.6 Å². The number of carbonyl (C=O) groups excluding carboxylic acids is 1. The van der Waals surface area contributed by atoms with Crippen LogP contribution in [-0.2, 0) is 15.7 Å². The van der Waals surface area contributed by atoms with E-state index in [-0.39, 0.29) is 34.5 Å². The number of nitro benzene ring substituents is 1. The van der Waals surface area contributed by atoms with Crippen LogP contribution in [0.5, 0.6) is 0 Å². The van der Waals surface area contributed by atoms with Crippen molar-refractivity contribution in [1.29, 1.82) is 0 Å². The maximum Gasteiger partial charge on any atom is 0.417 e. The zero-order valence-corrected chi connectivity index (χ0v) is 16.1. The minimum absolute atomic E-state index is 0.0537. The molecule has 1 aliphatic rings. The maximum absolute atomic E-state index is 13.3. The molecule has 154 valence electrons. The number of nitrogens with zero attached hydrogens (tertiary/aromatic N) is 2. The molecule has 2 unspecified atom stereocenters. The summed E-state index contributed by atoms with van der Waals surface area (Å²) in [7, 11) is 1.21. The third-order valence-electron chi connectivity index (χ3n) is 4.61. The van der Waals surface area contributed by atoms with E-state index >= 15 is 0 Å². The lowest BCUT2D eigenvalue weighted by Crippen LogP contribution is -2.37. The van der Waals surface area contributed by atoms with Crippen LogP contribution in [0.2, 0.25) is 0 Å². The Bertz CT molecular complexity index is 922. The minimum Gasteiger partial charge on any atom is -0.467 e. The lowest BCUT2D eigenvalue weighted by Gasteiger charge is -2.24. The van der Waals surface area contributed by atoms with E-state index in [0.29, 0.717) is 0 Å². The average Bonchev–Trinajstić information content (AvgIpc) is 3.10. The Labute approximate surface area is 168 Å². The number of halogens is 3. The van der Waals surface area contributed by atoms with Gasteiger partial charge in [0.15, 0.2) is 0 Å². The second-order valence-corrected chi connectivity index (χ2v) is 7.75. The molecule has 1 aliphatic heterocycles. The van der Waals surface area contributed by atoms with Gasteiger partial charge in [0, 0.05) is 22.8 Å². The number of alkyl halides is 3. The molecule has 1 heterocycles. The molecule has 0 bridgehead atoms. The summed E-state index contributed by atoms with van der Waals surface area (Å²) in [5, 5.41) is 11.0. The van der Waals surface area contributed by atoms with Crippen LogP contribution in [0.15, 0.2) is 53.4 Å². The van der Waals surface area contributed by atoms with Crippen molar-refractivity contribution in [3.05, 3.63) is 64.2 Å². The topological polar surface area (TPSA) is 72.7 Å². The molecule has 0 spiro atoms. The second-order valence-electron chi connectivity index (χ2n) is 6.41. The van der Waals surface area contributed by atoms with Crippen molar-refractivity contribution in [2.24, 2.45) is 0 Å². The SMILES string of the molecule is COC(=O)C1CC(Sc2ccccc2C(F)(F)F)CN1c1ccccc1[N+](=O)[O-]. The number of esters is 1. The zero-order valence-electron chi connectivity index (χ0n) is 15.3. The van der Waals surface area contributed by atoms with Gasteiger partial charge in [0.25, 0.3) is 5.69 Å². The summed E-state index contributed by atoms with van der Waals surface area (Å²) < 4.78 is 44.7. The van der Waals surface area contributed by atoms with Crippen molar-refractivity contribution in [3.8, 4) is 0 Å². The molecule has 0 amide bonds. The van der Waals surface area contributed by atoms with Crippen molar-refractivity contribution in [3.63, 3.8) is 0 Å². The Morgan fingerprint density at radius 1 is 1.21 bits per heavy atom. The lowest BCUT2D eigenvalue weighted by molar-refractivity contribution is -0.384. The number of para-hydroxylation sites is 2. The highest BCUT2D eigenvalue weighted by Crippen LogP contribution is 2.43. The molecule has 0 aliphatic carbocycles. The molecule has 1 saturated heterocycles. The molecule has 29 heavy (non-hydrogen) atoms. The van der Waals surface area contributed by atoms with Gasteiger partial charge in [-0.1, -0.05) is 24.3 Å². The van der Waals surface area contributed by atoms with Crippen LogP contribution in [-0.4, -0.2) is 35.8 Å². The Hall–Kier alpha value is -2.75. The van der Waals surface area contributed by atoms with E-state index in [1.54, 1.807) is 6.07 Å². The van der Waals surface area contributed by atoms with Gasteiger partial charge in [-0.05, 0) is 24.6 Å². The quantitative estimate of drug-likeness (QED) is 0.398. The van der Waals surface area contributed by atoms with Gasteiger partial charge in [0.2, 0.25) is 0 Å². The predicted molar refractivity (Wildman–Crippen MR) is 102 cm³/mol. The number of thioether (sulfide) groups is 1. The smallest absolute Gasteiger partial charge is 0.417 e. The molecule has 0 saturated carbocycles. The fourth-order valence-electron chi connectivity index (χ4n) is 3.35. The largest absolute Gasteiger partial charge is 0.467 e. The highest BCUT2D eigenvalue weighted by atomic mass is 32.2. The van der Waals surface area contributed by atoms with Gasteiger partial charge in [-0.25, -0.2) is 4.79 Å². The van der Waals surface area contributed by atoms with Crippen molar-refractivity contribution >= 4 is 29.1 Å². The number of ether oxygens (including phenoxy) is 1. The second kappa shape index (κ2) is 8.32. The predicted octanol–water partition coefficient (Wildman–Crippen LogP) is 4.53. The van der Waals surface area contributed by atoms with E-state index in [0.717, 1.165) is 17.8 Å². The highest BCUT2D eigenvalue weighted by Gasteiger charge is 2.41. The van der Waals surface area contributed by atoms with E-state index in [1.807, 2.05) is 0 Å². The van der Waals surface area contributed by atoms with Crippen LogP contribution < -0.4 is 4.90 Å². The van der Waals surface area contributed by atoms with Gasteiger partial charge >= 0.3 is 12.1 Å². The first kappa shape index (κ1) is 21.0. The molecule has 10 heteroatoms. The normalized spacial score (nSPS) is 19.2. The molecular weight excluding hydrogens is 409 g/mol. The first-order valence-corrected chi connectivity index (χ1v) is 9.51. The van der Waals surface area contributed by atoms with Crippen molar-refractivity contribution in [2.75, 3.05) is 18.6 Å². The van der Waals surface area contributed by atoms with Gasteiger partial charge in [-0.2, -0.15) is 13.2 Å². The van der Waals surface area contributed by atoms with Gasteiger partial charge < -0.3 is 9.64 Å². The summed E-state index contributed by atoms with van der Waals surface area (Å²) >= 11 is 1.01. The molecule has 0 N–H and O–H groups in total. The third kappa shape index (κ3) is 4.47. The summed E-state index contributed by atoms with van der Waals surface area (Å²) in [4.78, 5) is 24.7. The molecule has 1 fully saturated rings. The Kier molecular flexibility index (Phi) is 6.02. The van der Waals surface area contributed by atoms with E-state index in [1.165, 1.54) is 48.4 Å². The summed E-state index contributed by atoms with van der Waals surface area (Å²) in [5.74, 6) is -0.588. The highest BCUT2D eigenvalue weighted by molar-refractivity contribution is 8.00. The number of nitro groups is 1. The number of methoxy groups -OCH3 is 1. The number of rotatable bonds is 5. The molecule has 6 nitrogen and oxygen atoms in total. The van der Waals surface area contributed by atoms with Crippen LogP contribution >= 0.6 is 11.8 Å². The van der Waals surface area contributed by atoms with E-state index in [4.69, 9.17) is 4.74 Å². The monoisotopic (exact) mass is 426 g/mol. The number of hydrogen-bond acceptors (Lipinski definition) is 6. The van der Waals surface area contributed by atoms with E-state index in [2.05, 4.69) is 0 Å². The average molecular weight is 426 g/mol. The molecule has 3 rings (SSSR count).